The number of ether oxygens (including phenoxy) is 2. The molecule has 1 aromatic rings. The van der Waals surface area contributed by atoms with Crippen LogP contribution in [0.1, 0.15) is 50.4 Å². The van der Waals surface area contributed by atoms with Crippen LogP contribution in [0.15, 0.2) is 0 Å². The van der Waals surface area contributed by atoms with Crippen LogP contribution in [0.4, 0.5) is 5.82 Å². The molecule has 0 aliphatic heterocycles. The first-order valence-electron chi connectivity index (χ1n) is 7.43. The van der Waals surface area contributed by atoms with Crippen molar-refractivity contribution in [2.45, 2.75) is 52.1 Å². The van der Waals surface area contributed by atoms with Gasteiger partial charge in [0.2, 0.25) is 5.88 Å². The van der Waals surface area contributed by atoms with Crippen LogP contribution in [0.3, 0.4) is 0 Å². The number of hydrogen-bond acceptors (Lipinski definition) is 5. The summed E-state index contributed by atoms with van der Waals surface area (Å²) in [4.78, 5) is 9.25. The minimum absolute atomic E-state index is 0.0142. The summed E-state index contributed by atoms with van der Waals surface area (Å²) >= 11 is 0. The van der Waals surface area contributed by atoms with Gasteiger partial charge in [-0.15, -0.1) is 0 Å². The lowest BCUT2D eigenvalue weighted by Crippen LogP contribution is -2.20. The maximum atomic E-state index is 5.91. The number of rotatable bonds is 8. The Balaban J connectivity index is 2.21. The first-order valence-corrected chi connectivity index (χ1v) is 7.43. The molecule has 1 atom stereocenters. The molecule has 5 nitrogen and oxygen atoms in total. The summed E-state index contributed by atoms with van der Waals surface area (Å²) in [5.74, 6) is 3.01. The van der Waals surface area contributed by atoms with Crippen LogP contribution in [-0.2, 0) is 4.74 Å². The fourth-order valence-corrected chi connectivity index (χ4v) is 2.03. The van der Waals surface area contributed by atoms with E-state index in [2.05, 4.69) is 22.2 Å². The van der Waals surface area contributed by atoms with Gasteiger partial charge < -0.3 is 14.8 Å². The van der Waals surface area contributed by atoms with Gasteiger partial charge >= 0.3 is 0 Å². The number of nitrogens with zero attached hydrogens (tertiary/aromatic N) is 2. The molecule has 1 aliphatic carbocycles. The summed E-state index contributed by atoms with van der Waals surface area (Å²) in [6.45, 7) is 7.60. The van der Waals surface area contributed by atoms with E-state index in [0.29, 0.717) is 18.4 Å². The number of hydrogen-bond donors (Lipinski definition) is 1. The Kier molecular flexibility index (Phi) is 5.17. The average Bonchev–Trinajstić information content (AvgIpc) is 3.24. The van der Waals surface area contributed by atoms with E-state index in [1.807, 2.05) is 13.8 Å². The van der Waals surface area contributed by atoms with Gasteiger partial charge in [-0.2, -0.15) is 4.98 Å². The highest BCUT2D eigenvalue weighted by atomic mass is 16.5. The molecule has 1 saturated carbocycles. The third kappa shape index (κ3) is 3.82. The zero-order chi connectivity index (χ0) is 14.5. The van der Waals surface area contributed by atoms with Crippen molar-refractivity contribution in [3.8, 4) is 5.88 Å². The molecule has 1 unspecified atom stereocenters. The summed E-state index contributed by atoms with van der Waals surface area (Å²) in [7, 11) is 1.68. The van der Waals surface area contributed by atoms with Crippen molar-refractivity contribution in [1.82, 2.24) is 9.97 Å². The van der Waals surface area contributed by atoms with Crippen molar-refractivity contribution in [1.29, 1.82) is 0 Å². The normalized spacial score (nSPS) is 16.0. The quantitative estimate of drug-likeness (QED) is 0.793. The van der Waals surface area contributed by atoms with Crippen molar-refractivity contribution in [2.24, 2.45) is 0 Å². The van der Waals surface area contributed by atoms with Crippen molar-refractivity contribution < 1.29 is 9.47 Å². The van der Waals surface area contributed by atoms with E-state index >= 15 is 0 Å². The summed E-state index contributed by atoms with van der Waals surface area (Å²) in [6, 6.07) is 0. The van der Waals surface area contributed by atoms with Gasteiger partial charge in [-0.05, 0) is 33.1 Å². The molecule has 1 heterocycles. The second-order valence-corrected chi connectivity index (χ2v) is 5.45. The Labute approximate surface area is 121 Å². The maximum absolute atomic E-state index is 5.91. The first kappa shape index (κ1) is 15.0. The van der Waals surface area contributed by atoms with E-state index in [0.717, 1.165) is 30.2 Å². The lowest BCUT2D eigenvalue weighted by atomic mass is 10.3. The highest BCUT2D eigenvalue weighted by molar-refractivity contribution is 5.49. The third-order valence-corrected chi connectivity index (χ3v) is 3.32. The lowest BCUT2D eigenvalue weighted by molar-refractivity contribution is 0.0882. The molecule has 2 rings (SSSR count). The Bertz CT molecular complexity index is 447. The molecule has 20 heavy (non-hydrogen) atoms. The van der Waals surface area contributed by atoms with Gasteiger partial charge in [0.05, 0.1) is 12.2 Å². The van der Waals surface area contributed by atoms with Crippen molar-refractivity contribution >= 4 is 5.82 Å². The summed E-state index contributed by atoms with van der Waals surface area (Å²) in [5.41, 5.74) is 0.978. The van der Waals surface area contributed by atoms with Crippen LogP contribution in [-0.4, -0.2) is 36.3 Å². The Morgan fingerprint density at radius 1 is 1.35 bits per heavy atom. The average molecular weight is 279 g/mol. The number of aromatic nitrogens is 2. The van der Waals surface area contributed by atoms with Gasteiger partial charge in [0, 0.05) is 19.6 Å². The minimum atomic E-state index is -0.0142. The molecule has 0 saturated heterocycles. The Morgan fingerprint density at radius 3 is 2.70 bits per heavy atom. The van der Waals surface area contributed by atoms with Crippen LogP contribution in [0.25, 0.3) is 0 Å². The molecule has 112 valence electrons. The molecular weight excluding hydrogens is 254 g/mol. The lowest BCUT2D eigenvalue weighted by Gasteiger charge is -2.17. The van der Waals surface area contributed by atoms with Crippen molar-refractivity contribution in [2.75, 3.05) is 25.6 Å². The molecule has 0 bridgehead atoms. The fourth-order valence-electron chi connectivity index (χ4n) is 2.03. The predicted molar refractivity (Wildman–Crippen MR) is 79.5 cm³/mol. The standard InChI is InChI=1S/C15H25N3O2/c1-5-8-16-13-11(3)15(20-10(2)9-19-4)18-14(17-13)12-6-7-12/h10,12H,5-9H2,1-4H3,(H,16,17,18). The smallest absolute Gasteiger partial charge is 0.222 e. The predicted octanol–water partition coefficient (Wildman–Crippen LogP) is 2.90. The van der Waals surface area contributed by atoms with E-state index in [1.165, 1.54) is 12.8 Å². The zero-order valence-corrected chi connectivity index (χ0v) is 12.9. The molecule has 1 fully saturated rings. The summed E-state index contributed by atoms with van der Waals surface area (Å²) in [5, 5.41) is 3.37. The van der Waals surface area contributed by atoms with E-state index < -0.39 is 0 Å². The van der Waals surface area contributed by atoms with Crippen LogP contribution >= 0.6 is 0 Å². The van der Waals surface area contributed by atoms with E-state index in [1.54, 1.807) is 7.11 Å². The Hall–Kier alpha value is -1.36. The molecule has 0 radical (unpaired) electrons. The number of anilines is 1. The van der Waals surface area contributed by atoms with Gasteiger partial charge in [-0.25, -0.2) is 4.98 Å². The SMILES string of the molecule is CCCNc1nc(C2CC2)nc(OC(C)COC)c1C. The molecule has 0 spiro atoms. The molecule has 0 amide bonds. The van der Waals surface area contributed by atoms with Gasteiger partial charge in [-0.3, -0.25) is 0 Å². The maximum Gasteiger partial charge on any atom is 0.222 e. The van der Waals surface area contributed by atoms with E-state index in [-0.39, 0.29) is 6.10 Å². The van der Waals surface area contributed by atoms with Crippen LogP contribution in [0.5, 0.6) is 5.88 Å². The largest absolute Gasteiger partial charge is 0.472 e. The highest BCUT2D eigenvalue weighted by Gasteiger charge is 2.28. The van der Waals surface area contributed by atoms with Crippen molar-refractivity contribution in [3.63, 3.8) is 0 Å². The summed E-state index contributed by atoms with van der Waals surface area (Å²) < 4.78 is 11.0. The highest BCUT2D eigenvalue weighted by Crippen LogP contribution is 2.40. The molecular formula is C15H25N3O2. The van der Waals surface area contributed by atoms with Crippen LogP contribution < -0.4 is 10.1 Å². The van der Waals surface area contributed by atoms with Crippen molar-refractivity contribution in [3.05, 3.63) is 11.4 Å². The molecule has 1 aromatic heterocycles. The third-order valence-electron chi connectivity index (χ3n) is 3.32. The van der Waals surface area contributed by atoms with Crippen LogP contribution in [0.2, 0.25) is 0 Å². The first-order chi connectivity index (χ1) is 9.65. The van der Waals surface area contributed by atoms with Gasteiger partial charge in [0.1, 0.15) is 17.7 Å². The molecule has 0 aromatic carbocycles. The minimum Gasteiger partial charge on any atom is -0.472 e. The van der Waals surface area contributed by atoms with E-state index in [4.69, 9.17) is 9.47 Å². The fraction of sp³-hybridized carbons (Fsp3) is 0.733. The van der Waals surface area contributed by atoms with E-state index in [9.17, 15) is 0 Å². The second-order valence-electron chi connectivity index (χ2n) is 5.45. The monoisotopic (exact) mass is 279 g/mol. The number of methoxy groups -OCH3 is 1. The zero-order valence-electron chi connectivity index (χ0n) is 12.9. The number of nitrogens with one attached hydrogen (secondary N) is 1. The Morgan fingerprint density at radius 2 is 2.10 bits per heavy atom. The van der Waals surface area contributed by atoms with Gasteiger partial charge in [-0.1, -0.05) is 6.92 Å². The van der Waals surface area contributed by atoms with Crippen LogP contribution in [0, 0.1) is 6.92 Å². The van der Waals surface area contributed by atoms with Gasteiger partial charge in [0.25, 0.3) is 0 Å². The topological polar surface area (TPSA) is 56.3 Å². The molecule has 1 N–H and O–H groups in total. The second kappa shape index (κ2) is 6.88. The van der Waals surface area contributed by atoms with Gasteiger partial charge in [0.15, 0.2) is 0 Å². The summed E-state index contributed by atoms with van der Waals surface area (Å²) in [6.07, 6.45) is 3.42. The molecule has 1 aliphatic rings. The molecule has 5 heteroatoms.